The Bertz CT molecular complexity index is 914. The summed E-state index contributed by atoms with van der Waals surface area (Å²) in [6.45, 7) is 13.3. The fraction of sp³-hybridized carbons (Fsp3) is 0.423. The van der Waals surface area contributed by atoms with Crippen LogP contribution in [0.3, 0.4) is 0 Å². The van der Waals surface area contributed by atoms with Crippen LogP contribution in [0.2, 0.25) is 0 Å². The van der Waals surface area contributed by atoms with Crippen LogP contribution in [0.25, 0.3) is 22.0 Å². The average Bonchev–Trinajstić information content (AvgIpc) is 2.72. The van der Waals surface area contributed by atoms with Crippen LogP contribution in [0.1, 0.15) is 57.4 Å². The van der Waals surface area contributed by atoms with E-state index in [9.17, 15) is 0 Å². The van der Waals surface area contributed by atoms with Gasteiger partial charge < -0.3 is 4.90 Å². The zero-order chi connectivity index (χ0) is 20.1. The number of fused-ring (bicyclic) bond motifs is 1. The molecule has 0 bridgehead atoms. The Labute approximate surface area is 170 Å². The number of aromatic nitrogens is 1. The van der Waals surface area contributed by atoms with E-state index in [1.54, 1.807) is 0 Å². The zero-order valence-corrected chi connectivity index (χ0v) is 18.2. The van der Waals surface area contributed by atoms with E-state index in [0.717, 1.165) is 50.2 Å². The molecular formula is C26H34N2. The van der Waals surface area contributed by atoms with Gasteiger partial charge in [-0.2, -0.15) is 0 Å². The first kappa shape index (κ1) is 20.4. The zero-order valence-electron chi connectivity index (χ0n) is 18.2. The predicted molar refractivity (Wildman–Crippen MR) is 123 cm³/mol. The van der Waals surface area contributed by atoms with Crippen LogP contribution >= 0.6 is 0 Å². The Kier molecular flexibility index (Phi) is 6.72. The highest BCUT2D eigenvalue weighted by Gasteiger charge is 2.19. The van der Waals surface area contributed by atoms with Gasteiger partial charge >= 0.3 is 0 Å². The molecule has 0 aliphatic heterocycles. The van der Waals surface area contributed by atoms with Crippen LogP contribution in [0.5, 0.6) is 0 Å². The lowest BCUT2D eigenvalue weighted by molar-refractivity contribution is 0.743. The summed E-state index contributed by atoms with van der Waals surface area (Å²) < 4.78 is 0. The summed E-state index contributed by atoms with van der Waals surface area (Å²) in [4.78, 5) is 7.76. The Balaban J connectivity index is 2.33. The first-order valence-corrected chi connectivity index (χ1v) is 10.9. The molecule has 1 heterocycles. The maximum absolute atomic E-state index is 5.23. The molecule has 0 spiro atoms. The number of benzene rings is 2. The van der Waals surface area contributed by atoms with Gasteiger partial charge in [0.1, 0.15) is 0 Å². The second kappa shape index (κ2) is 9.23. The molecule has 1 aromatic heterocycles. The molecule has 2 aromatic carbocycles. The van der Waals surface area contributed by atoms with Gasteiger partial charge in [-0.05, 0) is 43.7 Å². The maximum Gasteiger partial charge on any atom is 0.0790 e. The van der Waals surface area contributed by atoms with Crippen LogP contribution in [-0.4, -0.2) is 18.1 Å². The van der Waals surface area contributed by atoms with Gasteiger partial charge in [0, 0.05) is 29.4 Å². The highest BCUT2D eigenvalue weighted by Crippen LogP contribution is 2.38. The molecule has 0 fully saturated rings. The SMILES string of the molecule is CCCN(CCC)c1c(C)nc(-c2c(CC)cccc2CC)c2ccccc12. The van der Waals surface area contributed by atoms with Crippen LogP contribution < -0.4 is 4.90 Å². The second-order valence-corrected chi connectivity index (χ2v) is 7.59. The number of anilines is 1. The van der Waals surface area contributed by atoms with Gasteiger partial charge in [0.05, 0.1) is 17.1 Å². The highest BCUT2D eigenvalue weighted by molar-refractivity contribution is 6.03. The Morgan fingerprint density at radius 3 is 1.86 bits per heavy atom. The molecule has 3 aromatic rings. The molecule has 0 radical (unpaired) electrons. The molecule has 0 aliphatic rings. The minimum atomic E-state index is 1.03. The van der Waals surface area contributed by atoms with E-state index < -0.39 is 0 Å². The summed E-state index contributed by atoms with van der Waals surface area (Å²) in [5, 5.41) is 2.61. The maximum atomic E-state index is 5.23. The third-order valence-corrected chi connectivity index (χ3v) is 5.60. The molecule has 0 aliphatic carbocycles. The molecule has 0 N–H and O–H groups in total. The number of pyridine rings is 1. The van der Waals surface area contributed by atoms with Crippen molar-refractivity contribution < 1.29 is 0 Å². The first-order valence-electron chi connectivity index (χ1n) is 10.9. The normalized spacial score (nSPS) is 11.2. The molecule has 0 atom stereocenters. The molecule has 0 saturated carbocycles. The fourth-order valence-corrected chi connectivity index (χ4v) is 4.38. The third-order valence-electron chi connectivity index (χ3n) is 5.60. The van der Waals surface area contributed by atoms with E-state index in [0.29, 0.717) is 0 Å². The molecule has 0 amide bonds. The minimum Gasteiger partial charge on any atom is -0.370 e. The number of nitrogens with zero attached hydrogens (tertiary/aromatic N) is 2. The Hall–Kier alpha value is -2.35. The molecule has 0 unspecified atom stereocenters. The standard InChI is InChI=1S/C26H34N2/c1-6-17-28(18-7-2)26-19(5)27-25(22-15-10-11-16-23(22)26)24-20(8-3)13-12-14-21(24)9-4/h10-16H,6-9,17-18H2,1-5H3. The number of hydrogen-bond acceptors (Lipinski definition) is 2. The number of hydrogen-bond donors (Lipinski definition) is 0. The lowest BCUT2D eigenvalue weighted by Crippen LogP contribution is -2.26. The van der Waals surface area contributed by atoms with Crippen LogP contribution in [0.4, 0.5) is 5.69 Å². The van der Waals surface area contributed by atoms with Gasteiger partial charge in [-0.15, -0.1) is 0 Å². The van der Waals surface area contributed by atoms with Gasteiger partial charge in [0.2, 0.25) is 0 Å². The lowest BCUT2D eigenvalue weighted by Gasteiger charge is -2.28. The van der Waals surface area contributed by atoms with E-state index in [-0.39, 0.29) is 0 Å². The summed E-state index contributed by atoms with van der Waals surface area (Å²) in [6.07, 6.45) is 4.35. The van der Waals surface area contributed by atoms with Gasteiger partial charge in [-0.25, -0.2) is 0 Å². The molecule has 3 rings (SSSR count). The van der Waals surface area contributed by atoms with Crippen LogP contribution in [-0.2, 0) is 12.8 Å². The monoisotopic (exact) mass is 374 g/mol. The van der Waals surface area contributed by atoms with Crippen molar-refractivity contribution in [3.63, 3.8) is 0 Å². The van der Waals surface area contributed by atoms with E-state index in [1.807, 2.05) is 0 Å². The lowest BCUT2D eigenvalue weighted by atomic mass is 9.91. The molecule has 2 heteroatoms. The van der Waals surface area contributed by atoms with Crippen molar-refractivity contribution in [1.29, 1.82) is 0 Å². The Morgan fingerprint density at radius 2 is 1.32 bits per heavy atom. The number of rotatable bonds is 8. The predicted octanol–water partition coefficient (Wildman–Crippen LogP) is 6.96. The smallest absolute Gasteiger partial charge is 0.0790 e. The van der Waals surface area contributed by atoms with Crippen molar-refractivity contribution in [2.75, 3.05) is 18.0 Å². The fourth-order valence-electron chi connectivity index (χ4n) is 4.38. The molecule has 148 valence electrons. The molecule has 28 heavy (non-hydrogen) atoms. The van der Waals surface area contributed by atoms with Gasteiger partial charge in [0.25, 0.3) is 0 Å². The summed E-state index contributed by atoms with van der Waals surface area (Å²) in [5.41, 5.74) is 7.74. The van der Waals surface area contributed by atoms with E-state index in [1.165, 1.54) is 33.2 Å². The second-order valence-electron chi connectivity index (χ2n) is 7.59. The van der Waals surface area contributed by atoms with Crippen molar-refractivity contribution >= 4 is 16.5 Å². The first-order chi connectivity index (χ1) is 13.7. The van der Waals surface area contributed by atoms with Crippen molar-refractivity contribution in [1.82, 2.24) is 4.98 Å². The van der Waals surface area contributed by atoms with E-state index in [2.05, 4.69) is 82.0 Å². The van der Waals surface area contributed by atoms with Gasteiger partial charge in [0.15, 0.2) is 0 Å². The van der Waals surface area contributed by atoms with Crippen molar-refractivity contribution in [3.05, 3.63) is 59.3 Å². The van der Waals surface area contributed by atoms with Crippen LogP contribution in [0.15, 0.2) is 42.5 Å². The minimum absolute atomic E-state index is 1.03. The topological polar surface area (TPSA) is 16.1 Å². The summed E-state index contributed by atoms with van der Waals surface area (Å²) in [6, 6.07) is 15.6. The quantitative estimate of drug-likeness (QED) is 0.423. The van der Waals surface area contributed by atoms with Crippen LogP contribution in [0, 0.1) is 6.92 Å². The van der Waals surface area contributed by atoms with Crippen molar-refractivity contribution in [2.24, 2.45) is 0 Å². The summed E-state index contributed by atoms with van der Waals surface area (Å²) in [7, 11) is 0. The molecule has 2 nitrogen and oxygen atoms in total. The summed E-state index contributed by atoms with van der Waals surface area (Å²) >= 11 is 0. The van der Waals surface area contributed by atoms with Gasteiger partial charge in [-0.1, -0.05) is 70.2 Å². The molecule has 0 saturated heterocycles. The van der Waals surface area contributed by atoms with Gasteiger partial charge in [-0.3, -0.25) is 4.98 Å². The summed E-state index contributed by atoms with van der Waals surface area (Å²) in [5.74, 6) is 0. The van der Waals surface area contributed by atoms with E-state index >= 15 is 0 Å². The molecular weight excluding hydrogens is 340 g/mol. The Morgan fingerprint density at radius 1 is 0.750 bits per heavy atom. The largest absolute Gasteiger partial charge is 0.370 e. The highest BCUT2D eigenvalue weighted by atomic mass is 15.1. The van der Waals surface area contributed by atoms with Crippen molar-refractivity contribution in [3.8, 4) is 11.3 Å². The third kappa shape index (κ3) is 3.78. The van der Waals surface area contributed by atoms with Crippen molar-refractivity contribution in [2.45, 2.75) is 60.3 Å². The number of aryl methyl sites for hydroxylation is 3. The average molecular weight is 375 g/mol. The van der Waals surface area contributed by atoms with E-state index in [4.69, 9.17) is 4.98 Å².